The molecule has 1 aliphatic rings. The fraction of sp³-hybridized carbons (Fsp3) is 1.00. The first-order valence-electron chi connectivity index (χ1n) is 3.89. The van der Waals surface area contributed by atoms with Gasteiger partial charge in [0.15, 0.2) is 0 Å². The van der Waals surface area contributed by atoms with E-state index in [9.17, 15) is 0 Å². The van der Waals surface area contributed by atoms with Crippen molar-refractivity contribution in [1.29, 1.82) is 0 Å². The molecule has 0 aromatic heterocycles. The normalized spacial score (nSPS) is 42.0. The lowest BCUT2D eigenvalue weighted by atomic mass is 10.2. The molecule has 2 atom stereocenters. The van der Waals surface area contributed by atoms with Crippen LogP contribution in [0.5, 0.6) is 0 Å². The van der Waals surface area contributed by atoms with E-state index in [1.165, 1.54) is 18.9 Å². The first-order valence-corrected chi connectivity index (χ1v) is 7.23. The van der Waals surface area contributed by atoms with Gasteiger partial charge in [0.2, 0.25) is 0 Å². The third kappa shape index (κ3) is 1.92. The third-order valence-corrected chi connectivity index (χ3v) is 7.74. The minimum atomic E-state index is -1.61. The van der Waals surface area contributed by atoms with Gasteiger partial charge < -0.3 is 8.54 Å². The minimum absolute atomic E-state index is 0.444. The number of hydrogen-bond donors (Lipinski definition) is 0. The molecule has 0 bridgehead atoms. The van der Waals surface area contributed by atoms with Crippen LogP contribution in [-0.4, -0.2) is 25.2 Å². The summed E-state index contributed by atoms with van der Waals surface area (Å²) in [5.74, 6) is 0. The molecule has 4 heteroatoms. The smallest absolute Gasteiger partial charge is 0.324 e. The fourth-order valence-corrected chi connectivity index (χ4v) is 4.54. The Kier molecular flexibility index (Phi) is 2.68. The number of hydrogen-bond acceptors (Lipinski definition) is 2. The lowest BCUT2D eigenvalue weighted by molar-refractivity contribution is 0.141. The predicted octanol–water partition coefficient (Wildman–Crippen LogP) is 0.554. The van der Waals surface area contributed by atoms with Gasteiger partial charge in [0, 0.05) is 6.10 Å². The number of rotatable bonds is 1. The van der Waals surface area contributed by atoms with Crippen LogP contribution in [0.2, 0.25) is 12.6 Å². The molecule has 0 aromatic rings. The summed E-state index contributed by atoms with van der Waals surface area (Å²) in [5.41, 5.74) is 0. The molecule has 1 fully saturated rings. The Morgan fingerprint density at radius 3 is 2.80 bits per heavy atom. The van der Waals surface area contributed by atoms with Crippen molar-refractivity contribution in [3.63, 3.8) is 0 Å². The fourth-order valence-electron chi connectivity index (χ4n) is 1.40. The third-order valence-electron chi connectivity index (χ3n) is 2.12. The highest BCUT2D eigenvalue weighted by molar-refractivity contribution is 6.69. The summed E-state index contributed by atoms with van der Waals surface area (Å²) < 4.78 is 11.3. The van der Waals surface area contributed by atoms with E-state index in [0.717, 1.165) is 10.5 Å². The summed E-state index contributed by atoms with van der Waals surface area (Å²) in [6.07, 6.45) is 2.96. The van der Waals surface area contributed by atoms with Crippen LogP contribution < -0.4 is 0 Å². The maximum atomic E-state index is 5.77. The predicted molar refractivity (Wildman–Crippen MR) is 47.2 cm³/mol. The van der Waals surface area contributed by atoms with Crippen molar-refractivity contribution in [3.8, 4) is 0 Å². The Morgan fingerprint density at radius 2 is 2.40 bits per heavy atom. The van der Waals surface area contributed by atoms with Crippen molar-refractivity contribution < 1.29 is 8.54 Å². The summed E-state index contributed by atoms with van der Waals surface area (Å²) in [5, 5.41) is 0. The summed E-state index contributed by atoms with van der Waals surface area (Å²) in [6.45, 7) is 4.32. The lowest BCUT2D eigenvalue weighted by Crippen LogP contribution is -2.43. The van der Waals surface area contributed by atoms with Crippen LogP contribution >= 0.6 is 0 Å². The van der Waals surface area contributed by atoms with Crippen LogP contribution in [0.15, 0.2) is 0 Å². The molecule has 1 aliphatic heterocycles. The van der Waals surface area contributed by atoms with Crippen molar-refractivity contribution in [2.24, 2.45) is 0 Å². The zero-order valence-corrected chi connectivity index (χ0v) is 10.0. The molecular weight excluding hydrogens is 160 g/mol. The van der Waals surface area contributed by atoms with Crippen molar-refractivity contribution in [2.75, 3.05) is 0 Å². The van der Waals surface area contributed by atoms with Crippen LogP contribution in [0.4, 0.5) is 0 Å². The zero-order chi connectivity index (χ0) is 7.61. The molecule has 0 spiro atoms. The van der Waals surface area contributed by atoms with Gasteiger partial charge in [0.05, 0.1) is 0 Å². The van der Waals surface area contributed by atoms with E-state index < -0.39 is 8.56 Å². The van der Waals surface area contributed by atoms with Gasteiger partial charge in [-0.2, -0.15) is 0 Å². The van der Waals surface area contributed by atoms with E-state index in [1.807, 2.05) is 0 Å². The van der Waals surface area contributed by atoms with Crippen LogP contribution in [-0.2, 0) is 8.54 Å². The van der Waals surface area contributed by atoms with Gasteiger partial charge in [-0.1, -0.05) is 0 Å². The largest absolute Gasteiger partial charge is 0.445 e. The summed E-state index contributed by atoms with van der Waals surface area (Å²) in [4.78, 5) is 0. The Hall–Kier alpha value is 0.354. The molecule has 0 aromatic carbocycles. The van der Waals surface area contributed by atoms with Crippen molar-refractivity contribution in [1.82, 2.24) is 0 Å². The molecule has 1 rings (SSSR count). The second-order valence-corrected chi connectivity index (χ2v) is 7.79. The maximum absolute atomic E-state index is 5.77. The molecule has 0 amide bonds. The Bertz CT molecular complexity index is 120. The quantitative estimate of drug-likeness (QED) is 0.543. The van der Waals surface area contributed by atoms with E-state index in [2.05, 4.69) is 13.5 Å². The average Bonchev–Trinajstić information content (AvgIpc) is 1.88. The van der Waals surface area contributed by atoms with E-state index in [-0.39, 0.29) is 0 Å². The second-order valence-electron chi connectivity index (χ2n) is 3.16. The molecule has 0 saturated carbocycles. The van der Waals surface area contributed by atoms with Gasteiger partial charge in [-0.25, -0.2) is 0 Å². The zero-order valence-electron chi connectivity index (χ0n) is 7.02. The summed E-state index contributed by atoms with van der Waals surface area (Å²) in [6, 6.07) is 1.20. The monoisotopic (exact) mass is 176 g/mol. The second kappa shape index (κ2) is 3.17. The van der Waals surface area contributed by atoms with Crippen LogP contribution in [0, 0.1) is 0 Å². The SMILES string of the molecule is CC1CCC[Si](C)(O[SiH3])O1. The van der Waals surface area contributed by atoms with Gasteiger partial charge in [-0.15, -0.1) is 0 Å². The molecule has 60 valence electrons. The Balaban J connectivity index is 2.45. The highest BCUT2D eigenvalue weighted by Gasteiger charge is 2.34. The topological polar surface area (TPSA) is 18.5 Å². The van der Waals surface area contributed by atoms with Crippen molar-refractivity contribution in [3.05, 3.63) is 0 Å². The molecule has 0 radical (unpaired) electrons. The van der Waals surface area contributed by atoms with Crippen LogP contribution in [0.25, 0.3) is 0 Å². The summed E-state index contributed by atoms with van der Waals surface area (Å²) in [7, 11) is -0.779. The van der Waals surface area contributed by atoms with Gasteiger partial charge >= 0.3 is 8.56 Å². The highest BCUT2D eigenvalue weighted by atomic mass is 28.4. The Labute approximate surface area is 66.7 Å². The maximum Gasteiger partial charge on any atom is 0.324 e. The van der Waals surface area contributed by atoms with E-state index >= 15 is 0 Å². The molecule has 2 unspecified atom stereocenters. The molecule has 10 heavy (non-hydrogen) atoms. The van der Waals surface area contributed by atoms with Crippen molar-refractivity contribution in [2.45, 2.75) is 38.5 Å². The van der Waals surface area contributed by atoms with E-state index in [0.29, 0.717) is 6.10 Å². The molecule has 2 nitrogen and oxygen atoms in total. The van der Waals surface area contributed by atoms with E-state index in [4.69, 9.17) is 8.54 Å². The van der Waals surface area contributed by atoms with Crippen molar-refractivity contribution >= 4 is 19.0 Å². The van der Waals surface area contributed by atoms with Gasteiger partial charge in [0.1, 0.15) is 10.5 Å². The highest BCUT2D eigenvalue weighted by Crippen LogP contribution is 2.25. The van der Waals surface area contributed by atoms with Gasteiger partial charge in [0.25, 0.3) is 0 Å². The minimum Gasteiger partial charge on any atom is -0.445 e. The van der Waals surface area contributed by atoms with Gasteiger partial charge in [-0.3, -0.25) is 0 Å². The first kappa shape index (κ1) is 8.45. The van der Waals surface area contributed by atoms with E-state index in [1.54, 1.807) is 0 Å². The van der Waals surface area contributed by atoms with Crippen LogP contribution in [0.3, 0.4) is 0 Å². The standard InChI is InChI=1S/C6H16O2Si2/c1-6-4-3-5-10(2,7-6)8-9/h6H,3-5H2,1-2,9H3. The molecule has 1 heterocycles. The summed E-state index contributed by atoms with van der Waals surface area (Å²) >= 11 is 0. The molecule has 1 saturated heterocycles. The Morgan fingerprint density at radius 1 is 1.70 bits per heavy atom. The lowest BCUT2D eigenvalue weighted by Gasteiger charge is -2.33. The van der Waals surface area contributed by atoms with Crippen LogP contribution in [0.1, 0.15) is 19.8 Å². The van der Waals surface area contributed by atoms with Gasteiger partial charge in [-0.05, 0) is 32.4 Å². The first-order chi connectivity index (χ1) is 4.66. The molecule has 0 aliphatic carbocycles. The average molecular weight is 176 g/mol. The molecular formula is C6H16O2Si2. The molecule has 0 N–H and O–H groups in total.